The molecule has 2 nitrogen and oxygen atoms in total. The molecule has 2 N–H and O–H groups in total. The van der Waals surface area contributed by atoms with Crippen molar-refractivity contribution in [3.05, 3.63) is 42.0 Å². The van der Waals surface area contributed by atoms with Gasteiger partial charge in [0.15, 0.2) is 0 Å². The summed E-state index contributed by atoms with van der Waals surface area (Å²) in [4.78, 5) is 0. The van der Waals surface area contributed by atoms with Crippen molar-refractivity contribution in [2.75, 3.05) is 6.61 Å². The van der Waals surface area contributed by atoms with Crippen LogP contribution in [-0.2, 0) is 6.42 Å². The summed E-state index contributed by atoms with van der Waals surface area (Å²) < 4.78 is 29.9. The first-order valence-electron chi connectivity index (χ1n) is 6.79. The maximum atomic E-state index is 12.3. The van der Waals surface area contributed by atoms with Gasteiger partial charge in [-0.05, 0) is 29.7 Å². The number of halogens is 2. The molecule has 2 aromatic carbocycles. The van der Waals surface area contributed by atoms with Crippen molar-refractivity contribution in [1.82, 2.24) is 0 Å². The van der Waals surface area contributed by atoms with Crippen molar-refractivity contribution in [3.63, 3.8) is 0 Å². The molecule has 1 unspecified atom stereocenters. The van der Waals surface area contributed by atoms with Crippen LogP contribution in [0.1, 0.15) is 18.9 Å². The molecule has 0 aliphatic heterocycles. The summed E-state index contributed by atoms with van der Waals surface area (Å²) in [5.41, 5.74) is 6.93. The molecule has 1 atom stereocenters. The second-order valence-electron chi connectivity index (χ2n) is 4.84. The summed E-state index contributed by atoms with van der Waals surface area (Å²) >= 11 is 0. The SMILES string of the molecule is CCC(N)Cc1c(OCC(F)F)ccc2ccccc12. The van der Waals surface area contributed by atoms with E-state index in [0.717, 1.165) is 22.8 Å². The van der Waals surface area contributed by atoms with E-state index in [4.69, 9.17) is 10.5 Å². The molecular weight excluding hydrogens is 260 g/mol. The van der Waals surface area contributed by atoms with Crippen LogP contribution in [0.25, 0.3) is 10.8 Å². The first kappa shape index (κ1) is 14.7. The van der Waals surface area contributed by atoms with Gasteiger partial charge in [-0.25, -0.2) is 8.78 Å². The van der Waals surface area contributed by atoms with Gasteiger partial charge in [-0.15, -0.1) is 0 Å². The van der Waals surface area contributed by atoms with Crippen LogP contribution in [0.15, 0.2) is 36.4 Å². The van der Waals surface area contributed by atoms with E-state index in [1.165, 1.54) is 0 Å². The molecule has 0 saturated carbocycles. The molecule has 108 valence electrons. The number of benzene rings is 2. The molecule has 0 aliphatic carbocycles. The molecule has 0 fully saturated rings. The Kier molecular flexibility index (Phi) is 4.90. The molecular formula is C16H19F2NO. The van der Waals surface area contributed by atoms with Crippen molar-refractivity contribution in [2.24, 2.45) is 5.73 Å². The summed E-state index contributed by atoms with van der Waals surface area (Å²) in [6.45, 7) is 1.42. The Labute approximate surface area is 117 Å². The van der Waals surface area contributed by atoms with Crippen LogP contribution in [0, 0.1) is 0 Å². The highest BCUT2D eigenvalue weighted by Gasteiger charge is 2.13. The van der Waals surface area contributed by atoms with E-state index in [9.17, 15) is 8.78 Å². The van der Waals surface area contributed by atoms with E-state index in [0.29, 0.717) is 12.2 Å². The number of hydrogen-bond acceptors (Lipinski definition) is 2. The summed E-state index contributed by atoms with van der Waals surface area (Å²) in [5, 5.41) is 2.08. The molecule has 0 bridgehead atoms. The maximum Gasteiger partial charge on any atom is 0.272 e. The molecule has 2 rings (SSSR count). The van der Waals surface area contributed by atoms with Gasteiger partial charge in [0, 0.05) is 11.6 Å². The van der Waals surface area contributed by atoms with Gasteiger partial charge in [-0.1, -0.05) is 37.3 Å². The molecule has 0 heterocycles. The number of rotatable bonds is 6. The van der Waals surface area contributed by atoms with Gasteiger partial charge in [0.05, 0.1) is 0 Å². The second kappa shape index (κ2) is 6.66. The quantitative estimate of drug-likeness (QED) is 0.873. The van der Waals surface area contributed by atoms with Gasteiger partial charge in [0.1, 0.15) is 12.4 Å². The van der Waals surface area contributed by atoms with Crippen LogP contribution in [0.5, 0.6) is 5.75 Å². The minimum atomic E-state index is -2.48. The van der Waals surface area contributed by atoms with Gasteiger partial charge in [0.2, 0.25) is 0 Å². The predicted octanol–water partition coefficient (Wildman–Crippen LogP) is 3.76. The van der Waals surface area contributed by atoms with Crippen LogP contribution in [0.2, 0.25) is 0 Å². The maximum absolute atomic E-state index is 12.3. The molecule has 0 spiro atoms. The Balaban J connectivity index is 2.41. The van der Waals surface area contributed by atoms with Crippen molar-refractivity contribution in [1.29, 1.82) is 0 Å². The van der Waals surface area contributed by atoms with Crippen molar-refractivity contribution in [2.45, 2.75) is 32.2 Å². The molecule has 0 saturated heterocycles. The highest BCUT2D eigenvalue weighted by Crippen LogP contribution is 2.29. The summed E-state index contributed by atoms with van der Waals surface area (Å²) in [6.07, 6.45) is -1.03. The van der Waals surface area contributed by atoms with Gasteiger partial charge in [0.25, 0.3) is 6.43 Å². The summed E-state index contributed by atoms with van der Waals surface area (Å²) in [6, 6.07) is 11.5. The van der Waals surface area contributed by atoms with E-state index in [1.54, 1.807) is 6.07 Å². The minimum absolute atomic E-state index is 0.00490. The van der Waals surface area contributed by atoms with Crippen LogP contribution in [-0.4, -0.2) is 19.1 Å². The van der Waals surface area contributed by atoms with Crippen molar-refractivity contribution in [3.8, 4) is 5.75 Å². The molecule has 2 aromatic rings. The largest absolute Gasteiger partial charge is 0.487 e. The van der Waals surface area contributed by atoms with E-state index in [1.807, 2.05) is 37.3 Å². The monoisotopic (exact) mass is 279 g/mol. The Morgan fingerprint density at radius 1 is 1.15 bits per heavy atom. The average Bonchev–Trinajstić information content (AvgIpc) is 2.46. The lowest BCUT2D eigenvalue weighted by molar-refractivity contribution is 0.0815. The first-order chi connectivity index (χ1) is 9.61. The highest BCUT2D eigenvalue weighted by atomic mass is 19.3. The first-order valence-corrected chi connectivity index (χ1v) is 6.79. The molecule has 0 aromatic heterocycles. The van der Waals surface area contributed by atoms with Gasteiger partial charge in [-0.2, -0.15) is 0 Å². The standard InChI is InChI=1S/C16H19F2NO/c1-2-12(19)9-14-13-6-4-3-5-11(13)7-8-15(14)20-10-16(17)18/h3-8,12,16H,2,9-10,19H2,1H3. The van der Waals surface area contributed by atoms with Crippen LogP contribution < -0.4 is 10.5 Å². The highest BCUT2D eigenvalue weighted by molar-refractivity contribution is 5.87. The normalized spacial score (nSPS) is 12.8. The summed E-state index contributed by atoms with van der Waals surface area (Å²) in [7, 11) is 0. The molecule has 4 heteroatoms. The number of ether oxygens (including phenoxy) is 1. The number of fused-ring (bicyclic) bond motifs is 1. The predicted molar refractivity (Wildman–Crippen MR) is 77.4 cm³/mol. The fourth-order valence-corrected chi connectivity index (χ4v) is 2.22. The minimum Gasteiger partial charge on any atom is -0.487 e. The average molecular weight is 279 g/mol. The topological polar surface area (TPSA) is 35.2 Å². The van der Waals surface area contributed by atoms with Crippen LogP contribution in [0.3, 0.4) is 0 Å². The third-order valence-electron chi connectivity index (χ3n) is 3.35. The molecule has 0 amide bonds. The molecule has 20 heavy (non-hydrogen) atoms. The van der Waals surface area contributed by atoms with E-state index in [2.05, 4.69) is 0 Å². The number of alkyl halides is 2. The lowest BCUT2D eigenvalue weighted by atomic mass is 9.97. The second-order valence-corrected chi connectivity index (χ2v) is 4.84. The van der Waals surface area contributed by atoms with Crippen LogP contribution >= 0.6 is 0 Å². The third kappa shape index (κ3) is 3.45. The van der Waals surface area contributed by atoms with Gasteiger partial charge in [-0.3, -0.25) is 0 Å². The van der Waals surface area contributed by atoms with Gasteiger partial charge < -0.3 is 10.5 Å². The third-order valence-corrected chi connectivity index (χ3v) is 3.35. The zero-order valence-electron chi connectivity index (χ0n) is 11.5. The number of hydrogen-bond donors (Lipinski definition) is 1. The van der Waals surface area contributed by atoms with Crippen LogP contribution in [0.4, 0.5) is 8.78 Å². The smallest absolute Gasteiger partial charge is 0.272 e. The zero-order valence-corrected chi connectivity index (χ0v) is 11.5. The lowest BCUT2D eigenvalue weighted by Crippen LogP contribution is -2.22. The molecule has 0 aliphatic rings. The molecule has 0 radical (unpaired) electrons. The van der Waals surface area contributed by atoms with Crippen molar-refractivity contribution < 1.29 is 13.5 Å². The number of nitrogens with two attached hydrogens (primary N) is 1. The summed E-state index contributed by atoms with van der Waals surface area (Å²) in [5.74, 6) is 0.507. The van der Waals surface area contributed by atoms with Crippen molar-refractivity contribution >= 4 is 10.8 Å². The Hall–Kier alpha value is -1.68. The lowest BCUT2D eigenvalue weighted by Gasteiger charge is -2.17. The van der Waals surface area contributed by atoms with E-state index >= 15 is 0 Å². The van der Waals surface area contributed by atoms with E-state index < -0.39 is 13.0 Å². The van der Waals surface area contributed by atoms with Gasteiger partial charge >= 0.3 is 0 Å². The van der Waals surface area contributed by atoms with E-state index in [-0.39, 0.29) is 6.04 Å². The fraction of sp³-hybridized carbons (Fsp3) is 0.375. The Bertz CT molecular complexity index is 571. The Morgan fingerprint density at radius 2 is 1.90 bits per heavy atom. The fourth-order valence-electron chi connectivity index (χ4n) is 2.22. The Morgan fingerprint density at radius 3 is 2.60 bits per heavy atom. The zero-order chi connectivity index (χ0) is 14.5.